The summed E-state index contributed by atoms with van der Waals surface area (Å²) < 4.78 is 11.5. The van der Waals surface area contributed by atoms with Gasteiger partial charge in [-0.05, 0) is 54.4 Å². The Morgan fingerprint density at radius 2 is 2.00 bits per heavy atom. The van der Waals surface area contributed by atoms with E-state index in [1.807, 2.05) is 37.4 Å². The maximum atomic E-state index is 13.4. The number of benzene rings is 1. The van der Waals surface area contributed by atoms with Crippen LogP contribution in [-0.2, 0) is 20.7 Å². The number of pyridine rings is 1. The summed E-state index contributed by atoms with van der Waals surface area (Å²) in [6, 6.07) is 12.2. The number of hydrogen-bond donors (Lipinski definition) is 1. The first-order valence-electron chi connectivity index (χ1n) is 11.8. The fraction of sp³-hybridized carbons (Fsp3) is 0.500. The fourth-order valence-corrected chi connectivity index (χ4v) is 5.08. The molecule has 3 atom stereocenters. The average molecular weight is 452 g/mol. The second-order valence-electron chi connectivity index (χ2n) is 9.53. The molecule has 1 aliphatic carbocycles. The molecule has 1 aliphatic rings. The average Bonchev–Trinajstić information content (AvgIpc) is 2.80. The van der Waals surface area contributed by atoms with E-state index >= 15 is 0 Å². The van der Waals surface area contributed by atoms with Crippen LogP contribution in [-0.4, -0.2) is 42.0 Å². The molecular weight excluding hydrogens is 414 g/mol. The Hall–Kier alpha value is -2.34. The normalized spacial score (nSPS) is 23.5. The van der Waals surface area contributed by atoms with Crippen molar-refractivity contribution >= 4 is 17.9 Å². The third-order valence-corrected chi connectivity index (χ3v) is 6.71. The van der Waals surface area contributed by atoms with Gasteiger partial charge in [-0.25, -0.2) is 0 Å². The summed E-state index contributed by atoms with van der Waals surface area (Å²) in [5.74, 6) is 0.595. The lowest BCUT2D eigenvalue weighted by Crippen LogP contribution is -2.57. The number of aryl methyl sites for hydroxylation is 1. The van der Waals surface area contributed by atoms with Crippen molar-refractivity contribution < 1.29 is 19.4 Å². The summed E-state index contributed by atoms with van der Waals surface area (Å²) in [6.07, 6.45) is 8.39. The highest BCUT2D eigenvalue weighted by molar-refractivity contribution is 5.89. The van der Waals surface area contributed by atoms with Gasteiger partial charge in [-0.2, -0.15) is 0 Å². The highest BCUT2D eigenvalue weighted by Gasteiger charge is 2.52. The zero-order chi connectivity index (χ0) is 23.8. The van der Waals surface area contributed by atoms with Crippen LogP contribution in [0, 0.1) is 24.7 Å². The molecule has 5 heteroatoms. The van der Waals surface area contributed by atoms with E-state index in [2.05, 4.69) is 43.1 Å². The number of ether oxygens (including phenoxy) is 2. The maximum Gasteiger partial charge on any atom is 0.165 e. The van der Waals surface area contributed by atoms with E-state index in [1.54, 1.807) is 7.11 Å². The van der Waals surface area contributed by atoms with Crippen molar-refractivity contribution in [3.63, 3.8) is 0 Å². The minimum atomic E-state index is -1.09. The quantitative estimate of drug-likeness (QED) is 0.509. The van der Waals surface area contributed by atoms with Gasteiger partial charge in [0, 0.05) is 44.4 Å². The molecule has 1 fully saturated rings. The summed E-state index contributed by atoms with van der Waals surface area (Å²) in [7, 11) is 1.70. The van der Waals surface area contributed by atoms with E-state index in [9.17, 15) is 9.90 Å². The van der Waals surface area contributed by atoms with Crippen molar-refractivity contribution in [2.24, 2.45) is 17.8 Å². The van der Waals surface area contributed by atoms with Crippen LogP contribution in [0.2, 0.25) is 0 Å². The molecule has 1 saturated carbocycles. The molecule has 1 aromatic carbocycles. The van der Waals surface area contributed by atoms with Crippen molar-refractivity contribution in [1.82, 2.24) is 4.98 Å². The number of carbonyl (C=O) groups excluding carboxylic acids is 1. The lowest BCUT2D eigenvalue weighted by Gasteiger charge is -2.47. The first-order chi connectivity index (χ1) is 15.9. The minimum Gasteiger partial charge on any atom is -0.384 e. The van der Waals surface area contributed by atoms with Crippen LogP contribution in [0.15, 0.2) is 42.6 Å². The van der Waals surface area contributed by atoms with E-state index in [0.717, 1.165) is 35.2 Å². The van der Waals surface area contributed by atoms with Gasteiger partial charge in [-0.3, -0.25) is 9.78 Å². The van der Waals surface area contributed by atoms with Gasteiger partial charge in [0.15, 0.2) is 5.78 Å². The van der Waals surface area contributed by atoms with Crippen molar-refractivity contribution in [2.75, 3.05) is 20.5 Å². The molecule has 33 heavy (non-hydrogen) atoms. The van der Waals surface area contributed by atoms with Gasteiger partial charge in [0.2, 0.25) is 0 Å². The summed E-state index contributed by atoms with van der Waals surface area (Å²) in [5, 5.41) is 9.82. The van der Waals surface area contributed by atoms with Crippen molar-refractivity contribution in [3.05, 3.63) is 65.0 Å². The van der Waals surface area contributed by atoms with Crippen molar-refractivity contribution in [1.29, 1.82) is 0 Å². The topological polar surface area (TPSA) is 68.7 Å². The van der Waals surface area contributed by atoms with Gasteiger partial charge in [0.05, 0.1) is 0 Å². The summed E-state index contributed by atoms with van der Waals surface area (Å²) in [5.41, 5.74) is 2.94. The number of ketones is 1. The van der Waals surface area contributed by atoms with Crippen LogP contribution < -0.4 is 0 Å². The Morgan fingerprint density at radius 1 is 1.24 bits per heavy atom. The third-order valence-electron chi connectivity index (χ3n) is 6.71. The number of rotatable bonds is 10. The molecule has 1 N–H and O–H groups in total. The number of nitrogens with zero attached hydrogens (tertiary/aromatic N) is 1. The lowest BCUT2D eigenvalue weighted by atomic mass is 9.63. The van der Waals surface area contributed by atoms with Crippen molar-refractivity contribution in [2.45, 2.75) is 52.1 Å². The zero-order valence-electron chi connectivity index (χ0n) is 20.3. The monoisotopic (exact) mass is 451 g/mol. The number of aliphatic hydroxyl groups excluding tert-OH is 1. The van der Waals surface area contributed by atoms with Gasteiger partial charge in [0.25, 0.3) is 0 Å². The summed E-state index contributed by atoms with van der Waals surface area (Å²) in [6.45, 7) is 6.43. The largest absolute Gasteiger partial charge is 0.384 e. The standard InChI is InChI=1S/C28H37NO4/c1-20(2)14-26-24(18-32-4)12-13-27(31)28(26,33-19-30)16-25-15-23(21(3)17-29-25)11-10-22-8-6-5-7-9-22/h5-11,15,17,20,24,26,30H,12-14,16,18-19H2,1-4H3/b11-10+/t24?,26-,28-/m1/s1. The highest BCUT2D eigenvalue weighted by atomic mass is 16.6. The SMILES string of the molecule is COCC1CCC(=O)[C@](Cc2cc(/C=C/c3ccccc3)c(C)cn2)(OCO)[C@@H]1CC(C)C. The third kappa shape index (κ3) is 6.17. The molecule has 0 spiro atoms. The van der Waals surface area contributed by atoms with Crippen LogP contribution in [0.25, 0.3) is 12.2 Å². The second-order valence-corrected chi connectivity index (χ2v) is 9.53. The van der Waals surface area contributed by atoms with E-state index < -0.39 is 12.4 Å². The lowest BCUT2D eigenvalue weighted by molar-refractivity contribution is -0.188. The van der Waals surface area contributed by atoms with Gasteiger partial charge in [-0.15, -0.1) is 0 Å². The molecular formula is C28H37NO4. The fourth-order valence-electron chi connectivity index (χ4n) is 5.08. The molecule has 178 valence electrons. The Balaban J connectivity index is 1.97. The van der Waals surface area contributed by atoms with Crippen LogP contribution in [0.4, 0.5) is 0 Å². The Morgan fingerprint density at radius 3 is 2.67 bits per heavy atom. The number of aromatic nitrogens is 1. The zero-order valence-corrected chi connectivity index (χ0v) is 20.3. The molecule has 0 radical (unpaired) electrons. The van der Waals surface area contributed by atoms with Gasteiger partial charge in [0.1, 0.15) is 12.4 Å². The summed E-state index contributed by atoms with van der Waals surface area (Å²) in [4.78, 5) is 18.1. The van der Waals surface area contributed by atoms with E-state index in [1.165, 1.54) is 0 Å². The van der Waals surface area contributed by atoms with Gasteiger partial charge < -0.3 is 14.6 Å². The van der Waals surface area contributed by atoms with E-state index in [-0.39, 0.29) is 17.6 Å². The number of carbonyl (C=O) groups is 1. The minimum absolute atomic E-state index is 0.0442. The predicted octanol–water partition coefficient (Wildman–Crippen LogP) is 5.10. The maximum absolute atomic E-state index is 13.4. The molecule has 0 bridgehead atoms. The van der Waals surface area contributed by atoms with Gasteiger partial charge >= 0.3 is 0 Å². The number of hydrogen-bond acceptors (Lipinski definition) is 5. The first kappa shape index (κ1) is 25.3. The smallest absolute Gasteiger partial charge is 0.165 e. The Kier molecular flexibility index (Phi) is 8.95. The molecule has 1 heterocycles. The van der Waals surface area contributed by atoms with Crippen LogP contribution in [0.5, 0.6) is 0 Å². The summed E-state index contributed by atoms with van der Waals surface area (Å²) >= 11 is 0. The Labute approximate surface area is 197 Å². The van der Waals surface area contributed by atoms with Crippen LogP contribution in [0.1, 0.15) is 55.5 Å². The first-order valence-corrected chi connectivity index (χ1v) is 11.8. The van der Waals surface area contributed by atoms with Crippen LogP contribution >= 0.6 is 0 Å². The van der Waals surface area contributed by atoms with E-state index in [4.69, 9.17) is 9.47 Å². The molecule has 1 aromatic heterocycles. The van der Waals surface area contributed by atoms with Gasteiger partial charge in [-0.1, -0.05) is 56.3 Å². The predicted molar refractivity (Wildman–Crippen MR) is 132 cm³/mol. The molecule has 1 unspecified atom stereocenters. The van der Waals surface area contributed by atoms with Crippen LogP contribution in [0.3, 0.4) is 0 Å². The number of Topliss-reactive ketones (excluding diaryl/α,β-unsaturated/α-hetero) is 1. The molecule has 5 nitrogen and oxygen atoms in total. The number of aliphatic hydroxyl groups is 1. The second kappa shape index (κ2) is 11.7. The number of methoxy groups -OCH3 is 1. The molecule has 0 aliphatic heterocycles. The molecule has 0 amide bonds. The van der Waals surface area contributed by atoms with Crippen molar-refractivity contribution in [3.8, 4) is 0 Å². The highest BCUT2D eigenvalue weighted by Crippen LogP contribution is 2.44. The molecule has 0 saturated heterocycles. The Bertz CT molecular complexity index is 940. The molecule has 2 aromatic rings. The molecule has 3 rings (SSSR count). The van der Waals surface area contributed by atoms with E-state index in [0.29, 0.717) is 25.4 Å².